The Labute approximate surface area is 159 Å². The van der Waals surface area contributed by atoms with E-state index in [1.54, 1.807) is 12.1 Å². The summed E-state index contributed by atoms with van der Waals surface area (Å²) in [5, 5.41) is 2.74. The number of nitrogens with one attached hydrogen (secondary N) is 1. The number of anilines is 1. The monoisotopic (exact) mass is 390 g/mol. The minimum absolute atomic E-state index is 0.100. The van der Waals surface area contributed by atoms with Crippen molar-refractivity contribution < 1.29 is 17.6 Å². The molecule has 0 bridgehead atoms. The number of sulfonamides is 1. The number of benzene rings is 2. The number of nitrogens with zero attached hydrogens (tertiary/aromatic N) is 1. The summed E-state index contributed by atoms with van der Waals surface area (Å²) < 4.78 is 41.4. The second-order valence-corrected chi connectivity index (χ2v) is 8.93. The van der Waals surface area contributed by atoms with Crippen LogP contribution in [-0.2, 0) is 10.0 Å². The molecule has 1 atom stereocenters. The van der Waals surface area contributed by atoms with Crippen molar-refractivity contribution in [3.05, 3.63) is 59.4 Å². The van der Waals surface area contributed by atoms with Gasteiger partial charge in [0.2, 0.25) is 10.0 Å². The van der Waals surface area contributed by atoms with Crippen molar-refractivity contribution in [3.8, 4) is 0 Å². The maximum absolute atomic E-state index is 14.3. The molecule has 0 spiro atoms. The Kier molecular flexibility index (Phi) is 5.62. The van der Waals surface area contributed by atoms with Gasteiger partial charge in [-0.05, 0) is 55.5 Å². The molecule has 1 aliphatic rings. The van der Waals surface area contributed by atoms with E-state index in [9.17, 15) is 17.6 Å². The molecule has 1 N–H and O–H groups in total. The molecule has 1 amide bonds. The molecule has 7 heteroatoms. The topological polar surface area (TPSA) is 66.5 Å². The van der Waals surface area contributed by atoms with Crippen LogP contribution in [0, 0.1) is 18.7 Å². The largest absolute Gasteiger partial charge is 0.322 e. The van der Waals surface area contributed by atoms with E-state index in [1.165, 1.54) is 10.4 Å². The van der Waals surface area contributed by atoms with Crippen LogP contribution < -0.4 is 5.32 Å². The van der Waals surface area contributed by atoms with E-state index in [1.807, 2.05) is 26.0 Å². The molecule has 5 nitrogen and oxygen atoms in total. The highest BCUT2D eigenvalue weighted by atomic mass is 32.2. The summed E-state index contributed by atoms with van der Waals surface area (Å²) in [6.45, 7) is 4.56. The average molecular weight is 390 g/mol. The lowest BCUT2D eigenvalue weighted by molar-refractivity contribution is 0.102. The van der Waals surface area contributed by atoms with Gasteiger partial charge in [-0.25, -0.2) is 12.8 Å². The Balaban J connectivity index is 1.90. The van der Waals surface area contributed by atoms with E-state index in [2.05, 4.69) is 5.32 Å². The zero-order valence-electron chi connectivity index (χ0n) is 15.4. The predicted octanol–water partition coefficient (Wildman–Crippen LogP) is 3.81. The maximum Gasteiger partial charge on any atom is 0.255 e. The van der Waals surface area contributed by atoms with Gasteiger partial charge in [-0.2, -0.15) is 4.31 Å². The first-order valence-corrected chi connectivity index (χ1v) is 10.4. The zero-order valence-corrected chi connectivity index (χ0v) is 16.2. The van der Waals surface area contributed by atoms with Gasteiger partial charge in [0.1, 0.15) is 10.7 Å². The molecule has 0 unspecified atom stereocenters. The van der Waals surface area contributed by atoms with Crippen molar-refractivity contribution in [2.24, 2.45) is 5.92 Å². The van der Waals surface area contributed by atoms with Gasteiger partial charge in [0.15, 0.2) is 0 Å². The Morgan fingerprint density at radius 2 is 1.96 bits per heavy atom. The molecule has 0 radical (unpaired) electrons. The summed E-state index contributed by atoms with van der Waals surface area (Å²) in [4.78, 5) is 12.1. The van der Waals surface area contributed by atoms with E-state index >= 15 is 0 Å². The standard InChI is InChI=1S/C20H23FN2O3S/c1-14-6-5-11-23(13-14)27(25,26)19-12-16(9-10-17(19)21)20(24)22-18-8-4-3-7-15(18)2/h3-4,7-10,12,14H,5-6,11,13H2,1-2H3,(H,22,24)/t14-/m0/s1. The van der Waals surface area contributed by atoms with Gasteiger partial charge >= 0.3 is 0 Å². The lowest BCUT2D eigenvalue weighted by Gasteiger charge is -2.30. The van der Waals surface area contributed by atoms with Crippen LogP contribution in [0.1, 0.15) is 35.7 Å². The molecular weight excluding hydrogens is 367 g/mol. The van der Waals surface area contributed by atoms with Gasteiger partial charge in [0.05, 0.1) is 0 Å². The highest BCUT2D eigenvalue weighted by Crippen LogP contribution is 2.26. The molecule has 1 aliphatic heterocycles. The molecule has 0 saturated carbocycles. The van der Waals surface area contributed by atoms with Crippen molar-refractivity contribution in [2.75, 3.05) is 18.4 Å². The number of carbonyl (C=O) groups is 1. The third kappa shape index (κ3) is 4.20. The van der Waals surface area contributed by atoms with Crippen molar-refractivity contribution >= 4 is 21.6 Å². The molecule has 3 rings (SSSR count). The molecule has 0 aliphatic carbocycles. The van der Waals surface area contributed by atoms with Gasteiger partial charge in [0, 0.05) is 24.3 Å². The first-order valence-electron chi connectivity index (χ1n) is 8.95. The van der Waals surface area contributed by atoms with Crippen LogP contribution in [0.3, 0.4) is 0 Å². The third-order valence-electron chi connectivity index (χ3n) is 4.82. The minimum atomic E-state index is -3.98. The average Bonchev–Trinajstić information content (AvgIpc) is 2.63. The third-order valence-corrected chi connectivity index (χ3v) is 6.70. The Morgan fingerprint density at radius 1 is 1.22 bits per heavy atom. The summed E-state index contributed by atoms with van der Waals surface area (Å²) in [6.07, 6.45) is 1.70. The number of carbonyl (C=O) groups excluding carboxylic acids is 1. The SMILES string of the molecule is Cc1ccccc1NC(=O)c1ccc(F)c(S(=O)(=O)N2CCC[C@H](C)C2)c1. The van der Waals surface area contributed by atoms with Crippen LogP contribution in [0.5, 0.6) is 0 Å². The fraction of sp³-hybridized carbons (Fsp3) is 0.350. The van der Waals surface area contributed by atoms with Crippen LogP contribution in [0.4, 0.5) is 10.1 Å². The lowest BCUT2D eigenvalue weighted by atomic mass is 10.0. The second kappa shape index (κ2) is 7.78. The molecule has 1 fully saturated rings. The lowest BCUT2D eigenvalue weighted by Crippen LogP contribution is -2.39. The Hall–Kier alpha value is -2.25. The number of amides is 1. The van der Waals surface area contributed by atoms with Crippen LogP contribution in [0.25, 0.3) is 0 Å². The van der Waals surface area contributed by atoms with E-state index in [0.29, 0.717) is 18.8 Å². The van der Waals surface area contributed by atoms with Crippen LogP contribution in [0.2, 0.25) is 0 Å². The molecule has 2 aromatic carbocycles. The molecule has 0 aromatic heterocycles. The van der Waals surface area contributed by atoms with E-state index in [4.69, 9.17) is 0 Å². The maximum atomic E-state index is 14.3. The first-order chi connectivity index (χ1) is 12.8. The number of halogens is 1. The fourth-order valence-electron chi connectivity index (χ4n) is 3.25. The summed E-state index contributed by atoms with van der Waals surface area (Å²) in [6, 6.07) is 10.7. The number of para-hydroxylation sites is 1. The number of piperidine rings is 1. The van der Waals surface area contributed by atoms with Crippen molar-refractivity contribution in [2.45, 2.75) is 31.6 Å². The normalized spacial score (nSPS) is 18.3. The number of aryl methyl sites for hydroxylation is 1. The van der Waals surface area contributed by atoms with Gasteiger partial charge in [0.25, 0.3) is 5.91 Å². The van der Waals surface area contributed by atoms with Gasteiger partial charge in [-0.3, -0.25) is 4.79 Å². The summed E-state index contributed by atoms with van der Waals surface area (Å²) in [5.74, 6) is -1.10. The quantitative estimate of drug-likeness (QED) is 0.863. The Bertz CT molecular complexity index is 959. The number of hydrogen-bond acceptors (Lipinski definition) is 3. The van der Waals surface area contributed by atoms with Crippen LogP contribution in [0.15, 0.2) is 47.4 Å². The summed E-state index contributed by atoms with van der Waals surface area (Å²) in [5.41, 5.74) is 1.60. The van der Waals surface area contributed by atoms with E-state index < -0.39 is 26.6 Å². The van der Waals surface area contributed by atoms with Crippen LogP contribution in [-0.4, -0.2) is 31.7 Å². The van der Waals surface area contributed by atoms with Crippen molar-refractivity contribution in [1.82, 2.24) is 4.31 Å². The van der Waals surface area contributed by atoms with Gasteiger partial charge in [-0.1, -0.05) is 25.1 Å². The molecular formula is C20H23FN2O3S. The smallest absolute Gasteiger partial charge is 0.255 e. The van der Waals surface area contributed by atoms with E-state index in [-0.39, 0.29) is 11.5 Å². The van der Waals surface area contributed by atoms with Crippen LogP contribution >= 0.6 is 0 Å². The van der Waals surface area contributed by atoms with E-state index in [0.717, 1.165) is 30.5 Å². The highest BCUT2D eigenvalue weighted by molar-refractivity contribution is 7.89. The second-order valence-electron chi connectivity index (χ2n) is 7.02. The Morgan fingerprint density at radius 3 is 2.67 bits per heavy atom. The summed E-state index contributed by atoms with van der Waals surface area (Å²) in [7, 11) is -3.98. The summed E-state index contributed by atoms with van der Waals surface area (Å²) >= 11 is 0. The van der Waals surface area contributed by atoms with Crippen molar-refractivity contribution in [1.29, 1.82) is 0 Å². The molecule has 2 aromatic rings. The minimum Gasteiger partial charge on any atom is -0.322 e. The highest BCUT2D eigenvalue weighted by Gasteiger charge is 2.31. The molecule has 1 heterocycles. The molecule has 27 heavy (non-hydrogen) atoms. The van der Waals surface area contributed by atoms with Gasteiger partial charge in [-0.15, -0.1) is 0 Å². The predicted molar refractivity (Wildman–Crippen MR) is 103 cm³/mol. The molecule has 144 valence electrons. The fourth-order valence-corrected chi connectivity index (χ4v) is 4.94. The molecule has 1 saturated heterocycles. The van der Waals surface area contributed by atoms with Gasteiger partial charge < -0.3 is 5.32 Å². The zero-order chi connectivity index (χ0) is 19.6. The number of rotatable bonds is 4. The van der Waals surface area contributed by atoms with Crippen molar-refractivity contribution in [3.63, 3.8) is 0 Å². The number of hydrogen-bond donors (Lipinski definition) is 1. The first kappa shape index (κ1) is 19.5.